The van der Waals surface area contributed by atoms with Crippen molar-refractivity contribution >= 4 is 0 Å². The molecule has 0 amide bonds. The maximum absolute atomic E-state index is 12.8. The van der Waals surface area contributed by atoms with E-state index in [0.29, 0.717) is 12.0 Å². The van der Waals surface area contributed by atoms with E-state index in [1.54, 1.807) is 6.07 Å². The Hall–Kier alpha value is -1.81. The van der Waals surface area contributed by atoms with Gasteiger partial charge in [-0.05, 0) is 47.7 Å². The molecular formula is C17H16F3N. The van der Waals surface area contributed by atoms with Crippen LogP contribution in [0, 0.1) is 0 Å². The van der Waals surface area contributed by atoms with E-state index in [2.05, 4.69) is 11.4 Å². The van der Waals surface area contributed by atoms with Gasteiger partial charge >= 0.3 is 6.18 Å². The Morgan fingerprint density at radius 1 is 1.05 bits per heavy atom. The van der Waals surface area contributed by atoms with E-state index in [1.807, 2.05) is 12.1 Å². The third kappa shape index (κ3) is 3.10. The maximum Gasteiger partial charge on any atom is 0.416 e. The number of benzene rings is 2. The molecule has 2 aromatic carbocycles. The molecule has 0 bridgehead atoms. The lowest BCUT2D eigenvalue weighted by atomic mass is 9.91. The van der Waals surface area contributed by atoms with Crippen molar-refractivity contribution in [1.29, 1.82) is 0 Å². The summed E-state index contributed by atoms with van der Waals surface area (Å²) in [6.07, 6.45) is -2.80. The van der Waals surface area contributed by atoms with Crippen molar-refractivity contribution in [1.82, 2.24) is 5.32 Å². The molecule has 0 aromatic heterocycles. The molecule has 2 aromatic rings. The minimum Gasteiger partial charge on any atom is -0.312 e. The Kier molecular flexibility index (Phi) is 3.72. The summed E-state index contributed by atoms with van der Waals surface area (Å²) in [7, 11) is 0. The number of fused-ring (bicyclic) bond motifs is 1. The fraction of sp³-hybridized carbons (Fsp3) is 0.294. The van der Waals surface area contributed by atoms with Crippen LogP contribution in [0.2, 0.25) is 0 Å². The van der Waals surface area contributed by atoms with E-state index < -0.39 is 11.7 Å². The van der Waals surface area contributed by atoms with Crippen LogP contribution >= 0.6 is 0 Å². The van der Waals surface area contributed by atoms with E-state index in [4.69, 9.17) is 0 Å². The van der Waals surface area contributed by atoms with Crippen molar-refractivity contribution < 1.29 is 13.2 Å². The van der Waals surface area contributed by atoms with Gasteiger partial charge in [-0.3, -0.25) is 0 Å². The lowest BCUT2D eigenvalue weighted by Gasteiger charge is -2.20. The molecule has 0 fully saturated rings. The summed E-state index contributed by atoms with van der Waals surface area (Å²) >= 11 is 0. The van der Waals surface area contributed by atoms with Crippen molar-refractivity contribution in [2.75, 3.05) is 6.54 Å². The fourth-order valence-electron chi connectivity index (χ4n) is 2.85. The topological polar surface area (TPSA) is 12.0 Å². The first-order valence-corrected chi connectivity index (χ1v) is 7.00. The van der Waals surface area contributed by atoms with Crippen LogP contribution in [0.4, 0.5) is 13.2 Å². The second-order valence-electron chi connectivity index (χ2n) is 5.36. The first kappa shape index (κ1) is 14.1. The predicted octanol–water partition coefficient (Wildman–Crippen LogP) is 3.94. The zero-order valence-corrected chi connectivity index (χ0v) is 11.5. The summed E-state index contributed by atoms with van der Waals surface area (Å²) in [5.74, 6) is 0. The number of rotatable bonds is 2. The Labute approximate surface area is 121 Å². The predicted molar refractivity (Wildman–Crippen MR) is 76.1 cm³/mol. The molecule has 0 saturated carbocycles. The summed E-state index contributed by atoms with van der Waals surface area (Å²) in [5, 5.41) is 3.31. The van der Waals surface area contributed by atoms with Crippen LogP contribution < -0.4 is 5.32 Å². The maximum atomic E-state index is 12.8. The van der Waals surface area contributed by atoms with Gasteiger partial charge in [0, 0.05) is 6.54 Å². The minimum absolute atomic E-state index is 0.549. The van der Waals surface area contributed by atoms with Crippen molar-refractivity contribution in [2.45, 2.75) is 25.6 Å². The average Bonchev–Trinajstić information content (AvgIpc) is 2.47. The van der Waals surface area contributed by atoms with Crippen molar-refractivity contribution in [3.8, 4) is 0 Å². The van der Waals surface area contributed by atoms with Crippen LogP contribution in [-0.4, -0.2) is 6.54 Å². The first-order chi connectivity index (χ1) is 10.0. The minimum atomic E-state index is -4.28. The highest BCUT2D eigenvalue weighted by Gasteiger charge is 2.30. The van der Waals surface area contributed by atoms with Gasteiger partial charge in [-0.1, -0.05) is 36.4 Å². The summed E-state index contributed by atoms with van der Waals surface area (Å²) in [5.41, 5.74) is 3.80. The molecule has 0 aliphatic carbocycles. The summed E-state index contributed by atoms with van der Waals surface area (Å²) < 4.78 is 38.3. The van der Waals surface area contributed by atoms with Crippen LogP contribution in [-0.2, 0) is 25.6 Å². The molecular weight excluding hydrogens is 275 g/mol. The van der Waals surface area contributed by atoms with Crippen molar-refractivity contribution in [2.24, 2.45) is 0 Å². The number of halogens is 3. The zero-order chi connectivity index (χ0) is 14.9. The molecule has 0 unspecified atom stereocenters. The lowest BCUT2D eigenvalue weighted by molar-refractivity contribution is -0.137. The average molecular weight is 291 g/mol. The smallest absolute Gasteiger partial charge is 0.312 e. The third-order valence-electron chi connectivity index (χ3n) is 3.89. The van der Waals surface area contributed by atoms with Gasteiger partial charge in [0.25, 0.3) is 0 Å². The van der Waals surface area contributed by atoms with Gasteiger partial charge in [0.2, 0.25) is 0 Å². The molecule has 3 rings (SSSR count). The van der Waals surface area contributed by atoms with Crippen LogP contribution in [0.1, 0.15) is 27.8 Å². The molecule has 1 aliphatic rings. The number of nitrogens with one attached hydrogen (secondary N) is 1. The van der Waals surface area contributed by atoms with Crippen LogP contribution in [0.25, 0.3) is 0 Å². The van der Waals surface area contributed by atoms with E-state index in [-0.39, 0.29) is 0 Å². The molecule has 21 heavy (non-hydrogen) atoms. The fourth-order valence-corrected chi connectivity index (χ4v) is 2.85. The zero-order valence-electron chi connectivity index (χ0n) is 11.5. The van der Waals surface area contributed by atoms with Gasteiger partial charge in [-0.2, -0.15) is 13.2 Å². The first-order valence-electron chi connectivity index (χ1n) is 7.00. The number of hydrogen-bond donors (Lipinski definition) is 1. The number of alkyl halides is 3. The molecule has 1 aliphatic heterocycles. The van der Waals surface area contributed by atoms with Gasteiger partial charge in [0.1, 0.15) is 0 Å². The quantitative estimate of drug-likeness (QED) is 0.883. The molecule has 0 spiro atoms. The Bertz CT molecular complexity index is 647. The van der Waals surface area contributed by atoms with Crippen LogP contribution in [0.5, 0.6) is 0 Å². The highest BCUT2D eigenvalue weighted by atomic mass is 19.4. The lowest BCUT2D eigenvalue weighted by Crippen LogP contribution is -2.24. The van der Waals surface area contributed by atoms with Crippen LogP contribution in [0.15, 0.2) is 42.5 Å². The monoisotopic (exact) mass is 291 g/mol. The molecule has 0 atom stereocenters. The summed E-state index contributed by atoms with van der Waals surface area (Å²) in [4.78, 5) is 0. The molecule has 1 nitrogen and oxygen atoms in total. The largest absolute Gasteiger partial charge is 0.416 e. The molecule has 4 heteroatoms. The molecule has 1 heterocycles. The van der Waals surface area contributed by atoms with E-state index in [0.717, 1.165) is 31.1 Å². The molecule has 1 N–H and O–H groups in total. The van der Waals surface area contributed by atoms with E-state index >= 15 is 0 Å². The highest BCUT2D eigenvalue weighted by Crippen LogP contribution is 2.30. The molecule has 0 saturated heterocycles. The Morgan fingerprint density at radius 3 is 2.67 bits per heavy atom. The van der Waals surface area contributed by atoms with Gasteiger partial charge < -0.3 is 5.32 Å². The van der Waals surface area contributed by atoms with E-state index in [1.165, 1.54) is 23.3 Å². The van der Waals surface area contributed by atoms with Gasteiger partial charge in [-0.15, -0.1) is 0 Å². The number of hydrogen-bond acceptors (Lipinski definition) is 1. The summed E-state index contributed by atoms with van der Waals surface area (Å²) in [6, 6.07) is 11.7. The van der Waals surface area contributed by atoms with Gasteiger partial charge in [0.15, 0.2) is 0 Å². The van der Waals surface area contributed by atoms with Crippen LogP contribution in [0.3, 0.4) is 0 Å². The van der Waals surface area contributed by atoms with Crippen molar-refractivity contribution in [3.63, 3.8) is 0 Å². The van der Waals surface area contributed by atoms with Gasteiger partial charge in [-0.25, -0.2) is 0 Å². The second kappa shape index (κ2) is 5.53. The Morgan fingerprint density at radius 2 is 1.86 bits per heavy atom. The normalized spacial score (nSPS) is 14.8. The Balaban J connectivity index is 1.91. The third-order valence-corrected chi connectivity index (χ3v) is 3.89. The molecule has 110 valence electrons. The highest BCUT2D eigenvalue weighted by molar-refractivity contribution is 5.40. The molecule has 0 radical (unpaired) electrons. The standard InChI is InChI=1S/C17H16F3N/c18-17(19,20)15-6-1-3-12(10-15)9-13-4-2-5-14-11-21-8-7-16(13)14/h1-6,10,21H,7-9,11H2. The summed E-state index contributed by atoms with van der Waals surface area (Å²) in [6.45, 7) is 1.76. The second-order valence-corrected chi connectivity index (χ2v) is 5.36. The van der Waals surface area contributed by atoms with Gasteiger partial charge in [0.05, 0.1) is 5.56 Å². The SMILES string of the molecule is FC(F)(F)c1cccc(Cc2cccc3c2CCNC3)c1. The van der Waals surface area contributed by atoms with E-state index in [9.17, 15) is 13.2 Å². The van der Waals surface area contributed by atoms with Crippen molar-refractivity contribution in [3.05, 3.63) is 70.3 Å².